The van der Waals surface area contributed by atoms with E-state index in [-0.39, 0.29) is 18.8 Å². The molecule has 2 aliphatic rings. The van der Waals surface area contributed by atoms with Gasteiger partial charge in [0.15, 0.2) is 6.10 Å². The van der Waals surface area contributed by atoms with Crippen LogP contribution in [0.5, 0.6) is 0 Å². The van der Waals surface area contributed by atoms with E-state index in [0.717, 1.165) is 32.4 Å². The van der Waals surface area contributed by atoms with E-state index in [1.54, 1.807) is 0 Å². The largest absolute Gasteiger partial charge is 0.479 e. The van der Waals surface area contributed by atoms with Gasteiger partial charge in [-0.1, -0.05) is 12.8 Å². The SMILES string of the molecule is O=C(O)C1CCC(CN2CCCCCC2CO)O1. The molecule has 0 aromatic carbocycles. The van der Waals surface area contributed by atoms with Crippen molar-refractivity contribution < 1.29 is 19.7 Å². The number of aliphatic hydroxyl groups excluding tert-OH is 1. The van der Waals surface area contributed by atoms with Gasteiger partial charge in [0.25, 0.3) is 0 Å². The average molecular weight is 257 g/mol. The minimum absolute atomic E-state index is 0.0123. The molecule has 0 aromatic rings. The summed E-state index contributed by atoms with van der Waals surface area (Å²) in [7, 11) is 0. The summed E-state index contributed by atoms with van der Waals surface area (Å²) in [6.45, 7) is 1.94. The lowest BCUT2D eigenvalue weighted by molar-refractivity contribution is -0.149. The Morgan fingerprint density at radius 3 is 2.72 bits per heavy atom. The molecule has 18 heavy (non-hydrogen) atoms. The van der Waals surface area contributed by atoms with Gasteiger partial charge < -0.3 is 14.9 Å². The Bertz CT molecular complexity index is 284. The number of likely N-dealkylation sites (tertiary alicyclic amines) is 1. The topological polar surface area (TPSA) is 70.0 Å². The number of nitrogens with zero attached hydrogens (tertiary/aromatic N) is 1. The van der Waals surface area contributed by atoms with Crippen molar-refractivity contribution in [1.29, 1.82) is 0 Å². The van der Waals surface area contributed by atoms with Crippen molar-refractivity contribution in [3.8, 4) is 0 Å². The molecular weight excluding hydrogens is 234 g/mol. The predicted octanol–water partition coefficient (Wildman–Crippen LogP) is 0.855. The molecule has 5 nitrogen and oxygen atoms in total. The molecule has 2 heterocycles. The number of carboxylic acid groups (broad SMARTS) is 1. The van der Waals surface area contributed by atoms with Crippen molar-refractivity contribution in [3.05, 3.63) is 0 Å². The average Bonchev–Trinajstić information content (AvgIpc) is 2.70. The van der Waals surface area contributed by atoms with Crippen molar-refractivity contribution in [2.45, 2.75) is 56.8 Å². The molecule has 0 aromatic heterocycles. The maximum Gasteiger partial charge on any atom is 0.332 e. The van der Waals surface area contributed by atoms with Gasteiger partial charge in [-0.05, 0) is 32.2 Å². The van der Waals surface area contributed by atoms with Crippen LogP contribution in [0.25, 0.3) is 0 Å². The van der Waals surface area contributed by atoms with Crippen LogP contribution >= 0.6 is 0 Å². The number of rotatable bonds is 4. The van der Waals surface area contributed by atoms with E-state index in [4.69, 9.17) is 9.84 Å². The monoisotopic (exact) mass is 257 g/mol. The first-order valence-electron chi connectivity index (χ1n) is 6.94. The molecule has 0 aliphatic carbocycles. The van der Waals surface area contributed by atoms with E-state index in [2.05, 4.69) is 4.90 Å². The van der Waals surface area contributed by atoms with Crippen molar-refractivity contribution in [3.63, 3.8) is 0 Å². The van der Waals surface area contributed by atoms with Gasteiger partial charge in [-0.25, -0.2) is 4.79 Å². The summed E-state index contributed by atoms with van der Waals surface area (Å²) in [5.74, 6) is -0.855. The summed E-state index contributed by atoms with van der Waals surface area (Å²) in [4.78, 5) is 13.1. The highest BCUT2D eigenvalue weighted by molar-refractivity contribution is 5.72. The summed E-state index contributed by atoms with van der Waals surface area (Å²) < 4.78 is 5.54. The van der Waals surface area contributed by atoms with Crippen LogP contribution in [0.1, 0.15) is 38.5 Å². The molecule has 0 bridgehead atoms. The zero-order valence-corrected chi connectivity index (χ0v) is 10.8. The molecule has 2 N–H and O–H groups in total. The lowest BCUT2D eigenvalue weighted by Crippen LogP contribution is -2.42. The quantitative estimate of drug-likeness (QED) is 0.781. The zero-order chi connectivity index (χ0) is 13.0. The van der Waals surface area contributed by atoms with E-state index in [1.807, 2.05) is 0 Å². The molecule has 3 atom stereocenters. The van der Waals surface area contributed by atoms with Gasteiger partial charge in [-0.2, -0.15) is 0 Å². The van der Waals surface area contributed by atoms with Crippen molar-refractivity contribution >= 4 is 5.97 Å². The maximum absolute atomic E-state index is 10.8. The highest BCUT2D eigenvalue weighted by atomic mass is 16.5. The van der Waals surface area contributed by atoms with Crippen molar-refractivity contribution in [2.75, 3.05) is 19.7 Å². The number of carboxylic acids is 1. The number of aliphatic carboxylic acids is 1. The Kier molecular flexibility index (Phi) is 4.97. The van der Waals surface area contributed by atoms with Gasteiger partial charge in [0.2, 0.25) is 0 Å². The first-order chi connectivity index (χ1) is 8.70. The molecule has 0 spiro atoms. The fourth-order valence-electron chi connectivity index (χ4n) is 2.97. The lowest BCUT2D eigenvalue weighted by atomic mass is 10.1. The van der Waals surface area contributed by atoms with Gasteiger partial charge in [0.05, 0.1) is 12.7 Å². The summed E-state index contributed by atoms with van der Waals surface area (Å²) in [5.41, 5.74) is 0. The number of ether oxygens (including phenoxy) is 1. The Hall–Kier alpha value is -0.650. The summed E-state index contributed by atoms with van der Waals surface area (Å²) in [6.07, 6.45) is 5.38. The van der Waals surface area contributed by atoms with Crippen molar-refractivity contribution in [2.24, 2.45) is 0 Å². The summed E-state index contributed by atoms with van der Waals surface area (Å²) >= 11 is 0. The number of hydrogen-bond acceptors (Lipinski definition) is 4. The Morgan fingerprint density at radius 1 is 1.22 bits per heavy atom. The fourth-order valence-corrected chi connectivity index (χ4v) is 2.97. The first kappa shape index (κ1) is 13.8. The maximum atomic E-state index is 10.8. The van der Waals surface area contributed by atoms with Crippen LogP contribution in [0.2, 0.25) is 0 Å². The van der Waals surface area contributed by atoms with Crippen LogP contribution in [0.15, 0.2) is 0 Å². The third-order valence-corrected chi connectivity index (χ3v) is 4.03. The molecule has 3 unspecified atom stereocenters. The first-order valence-corrected chi connectivity index (χ1v) is 6.94. The van der Waals surface area contributed by atoms with E-state index in [1.165, 1.54) is 12.8 Å². The van der Waals surface area contributed by atoms with Gasteiger partial charge in [0, 0.05) is 12.6 Å². The Balaban J connectivity index is 1.85. The Labute approximate surface area is 108 Å². The molecule has 104 valence electrons. The van der Waals surface area contributed by atoms with E-state index >= 15 is 0 Å². The smallest absolute Gasteiger partial charge is 0.332 e. The third kappa shape index (κ3) is 3.43. The van der Waals surface area contributed by atoms with Crippen LogP contribution in [0.3, 0.4) is 0 Å². The van der Waals surface area contributed by atoms with E-state index in [9.17, 15) is 9.90 Å². The molecule has 5 heteroatoms. The molecule has 0 saturated carbocycles. The van der Waals surface area contributed by atoms with Crippen LogP contribution in [-0.2, 0) is 9.53 Å². The van der Waals surface area contributed by atoms with E-state index in [0.29, 0.717) is 6.42 Å². The Morgan fingerprint density at radius 2 is 2.06 bits per heavy atom. The predicted molar refractivity (Wildman–Crippen MR) is 66.4 cm³/mol. The van der Waals surface area contributed by atoms with Crippen LogP contribution in [0, 0.1) is 0 Å². The molecule has 0 radical (unpaired) electrons. The summed E-state index contributed by atoms with van der Waals surface area (Å²) in [5, 5.41) is 18.3. The molecule has 2 rings (SSSR count). The highest BCUT2D eigenvalue weighted by Gasteiger charge is 2.33. The minimum Gasteiger partial charge on any atom is -0.479 e. The standard InChI is InChI=1S/C13H23NO4/c15-9-10-4-2-1-3-7-14(10)8-11-5-6-12(18-11)13(16)17/h10-12,15H,1-9H2,(H,16,17). The molecule has 2 aliphatic heterocycles. The minimum atomic E-state index is -0.855. The zero-order valence-electron chi connectivity index (χ0n) is 10.8. The normalized spacial score (nSPS) is 34.4. The number of hydrogen-bond donors (Lipinski definition) is 2. The fraction of sp³-hybridized carbons (Fsp3) is 0.923. The molecule has 2 fully saturated rings. The van der Waals surface area contributed by atoms with Crippen LogP contribution < -0.4 is 0 Å². The lowest BCUT2D eigenvalue weighted by Gasteiger charge is -2.30. The molecule has 0 amide bonds. The van der Waals surface area contributed by atoms with Crippen molar-refractivity contribution in [1.82, 2.24) is 4.90 Å². The van der Waals surface area contributed by atoms with E-state index < -0.39 is 12.1 Å². The number of carbonyl (C=O) groups is 1. The van der Waals surface area contributed by atoms with Gasteiger partial charge in [-0.3, -0.25) is 4.90 Å². The highest BCUT2D eigenvalue weighted by Crippen LogP contribution is 2.23. The third-order valence-electron chi connectivity index (χ3n) is 4.03. The second-order valence-corrected chi connectivity index (χ2v) is 5.34. The van der Waals surface area contributed by atoms with Gasteiger partial charge >= 0.3 is 5.97 Å². The van der Waals surface area contributed by atoms with Crippen LogP contribution in [0.4, 0.5) is 0 Å². The molecule has 2 saturated heterocycles. The van der Waals surface area contributed by atoms with Gasteiger partial charge in [-0.15, -0.1) is 0 Å². The second kappa shape index (κ2) is 6.50. The molecular formula is C13H23NO4. The second-order valence-electron chi connectivity index (χ2n) is 5.34. The van der Waals surface area contributed by atoms with Gasteiger partial charge in [0.1, 0.15) is 0 Å². The van der Waals surface area contributed by atoms with Crippen LogP contribution in [-0.4, -0.2) is 59.0 Å². The summed E-state index contributed by atoms with van der Waals surface area (Å²) in [6, 6.07) is 0.222. The number of aliphatic hydroxyl groups is 1.